The summed E-state index contributed by atoms with van der Waals surface area (Å²) in [4.78, 5) is 33.8. The van der Waals surface area contributed by atoms with E-state index in [-0.39, 0.29) is 12.1 Å². The Balaban J connectivity index is 1.52. The standard InChI is InChI=1S/C21H16F4N4O3/c1-11-18(14-5-15(21(23,24)25)7-16(22)6-14)32-20(31)29(11)19(30)27-9-13-4-2-3-12-8-26-10-28-17(12)13/h2-8,10-11,18H,9H2,1H3,(H,27,30)/t11-,18-/m0/s1. The highest BCUT2D eigenvalue weighted by atomic mass is 19.4. The number of nitrogens with zero attached hydrogens (tertiary/aromatic N) is 3. The molecule has 11 heteroatoms. The molecule has 0 spiro atoms. The Morgan fingerprint density at radius 3 is 2.78 bits per heavy atom. The van der Waals surface area contributed by atoms with Gasteiger partial charge in [0.05, 0.1) is 17.1 Å². The molecule has 166 valence electrons. The lowest BCUT2D eigenvalue weighted by atomic mass is 10.0. The van der Waals surface area contributed by atoms with Crippen molar-refractivity contribution in [2.45, 2.75) is 31.8 Å². The molecule has 7 nitrogen and oxygen atoms in total. The molecule has 3 aromatic rings. The Hall–Kier alpha value is -3.76. The fourth-order valence-corrected chi connectivity index (χ4v) is 3.60. The number of carbonyl (C=O) groups is 2. The van der Waals surface area contributed by atoms with Gasteiger partial charge in [0.25, 0.3) is 0 Å². The molecule has 2 aromatic carbocycles. The van der Waals surface area contributed by atoms with Crippen molar-refractivity contribution >= 4 is 23.0 Å². The summed E-state index contributed by atoms with van der Waals surface area (Å²) in [5.41, 5.74) is -0.108. The Bertz CT molecular complexity index is 1200. The van der Waals surface area contributed by atoms with Crippen LogP contribution in [-0.2, 0) is 17.5 Å². The largest absolute Gasteiger partial charge is 0.439 e. The van der Waals surface area contributed by atoms with Crippen molar-refractivity contribution in [3.05, 3.63) is 71.4 Å². The van der Waals surface area contributed by atoms with E-state index in [2.05, 4.69) is 15.3 Å². The fourth-order valence-electron chi connectivity index (χ4n) is 3.60. The fraction of sp³-hybridized carbons (Fsp3) is 0.238. The van der Waals surface area contributed by atoms with Crippen LogP contribution in [0.2, 0.25) is 0 Å². The molecule has 2 heterocycles. The van der Waals surface area contributed by atoms with Crippen LogP contribution in [0, 0.1) is 5.82 Å². The topological polar surface area (TPSA) is 84.4 Å². The van der Waals surface area contributed by atoms with Crippen LogP contribution in [0.25, 0.3) is 10.9 Å². The van der Waals surface area contributed by atoms with Crippen LogP contribution in [0.3, 0.4) is 0 Å². The third kappa shape index (κ3) is 4.05. The minimum absolute atomic E-state index is 0.0343. The van der Waals surface area contributed by atoms with Crippen molar-refractivity contribution in [3.8, 4) is 0 Å². The predicted octanol–water partition coefficient (Wildman–Crippen LogP) is 4.58. The van der Waals surface area contributed by atoms with Crippen molar-refractivity contribution in [2.24, 2.45) is 0 Å². The maximum Gasteiger partial charge on any atom is 0.419 e. The average Bonchev–Trinajstić information content (AvgIpc) is 3.05. The number of aromatic nitrogens is 2. The van der Waals surface area contributed by atoms with Crippen LogP contribution < -0.4 is 5.32 Å². The number of ether oxygens (including phenoxy) is 1. The number of hydrogen-bond acceptors (Lipinski definition) is 5. The first kappa shape index (κ1) is 21.5. The van der Waals surface area contributed by atoms with Gasteiger partial charge < -0.3 is 10.1 Å². The molecular weight excluding hydrogens is 432 g/mol. The molecule has 4 rings (SSSR count). The SMILES string of the molecule is C[C@H]1[C@@H](c2cc(F)cc(C(F)(F)F)c2)OC(=O)N1C(=O)NCc1cccc2cncnc12. The maximum absolute atomic E-state index is 13.8. The summed E-state index contributed by atoms with van der Waals surface area (Å²) in [6.45, 7) is 1.46. The highest BCUT2D eigenvalue weighted by Crippen LogP contribution is 2.37. The number of hydrogen-bond donors (Lipinski definition) is 1. The van der Waals surface area contributed by atoms with Crippen molar-refractivity contribution in [3.63, 3.8) is 0 Å². The second-order valence-corrected chi connectivity index (χ2v) is 7.22. The molecule has 1 aromatic heterocycles. The monoisotopic (exact) mass is 448 g/mol. The van der Waals surface area contributed by atoms with Gasteiger partial charge in [-0.15, -0.1) is 0 Å². The molecule has 1 saturated heterocycles. The minimum Gasteiger partial charge on any atom is -0.439 e. The van der Waals surface area contributed by atoms with Crippen molar-refractivity contribution in [1.29, 1.82) is 0 Å². The molecule has 2 atom stereocenters. The van der Waals surface area contributed by atoms with E-state index in [1.165, 1.54) is 13.3 Å². The molecule has 1 fully saturated rings. The third-order valence-electron chi connectivity index (χ3n) is 5.11. The predicted molar refractivity (Wildman–Crippen MR) is 104 cm³/mol. The van der Waals surface area contributed by atoms with Gasteiger partial charge in [-0.05, 0) is 36.2 Å². The van der Waals surface area contributed by atoms with E-state index in [1.54, 1.807) is 24.4 Å². The number of fused-ring (bicyclic) bond motifs is 1. The van der Waals surface area contributed by atoms with E-state index in [0.29, 0.717) is 23.2 Å². The average molecular weight is 448 g/mol. The first-order valence-electron chi connectivity index (χ1n) is 9.48. The van der Waals surface area contributed by atoms with Crippen molar-refractivity contribution in [1.82, 2.24) is 20.2 Å². The van der Waals surface area contributed by atoms with E-state index in [9.17, 15) is 27.2 Å². The third-order valence-corrected chi connectivity index (χ3v) is 5.11. The quantitative estimate of drug-likeness (QED) is 0.593. The van der Waals surface area contributed by atoms with Crippen LogP contribution in [0.1, 0.15) is 29.7 Å². The zero-order valence-electron chi connectivity index (χ0n) is 16.6. The Labute approximate surface area is 179 Å². The smallest absolute Gasteiger partial charge is 0.419 e. The lowest BCUT2D eigenvalue weighted by Crippen LogP contribution is -2.44. The lowest BCUT2D eigenvalue weighted by molar-refractivity contribution is -0.137. The molecule has 3 amide bonds. The van der Waals surface area contributed by atoms with E-state index < -0.39 is 41.8 Å². The van der Waals surface area contributed by atoms with Crippen LogP contribution in [0.15, 0.2) is 48.9 Å². The molecule has 1 aliphatic heterocycles. The molecule has 32 heavy (non-hydrogen) atoms. The van der Waals surface area contributed by atoms with Gasteiger partial charge in [0, 0.05) is 18.1 Å². The van der Waals surface area contributed by atoms with Crippen LogP contribution >= 0.6 is 0 Å². The number of para-hydroxylation sites is 1. The highest BCUT2D eigenvalue weighted by Gasteiger charge is 2.44. The summed E-state index contributed by atoms with van der Waals surface area (Å²) in [5.74, 6) is -1.13. The summed E-state index contributed by atoms with van der Waals surface area (Å²) in [7, 11) is 0. The zero-order chi connectivity index (χ0) is 23.0. The number of rotatable bonds is 3. The number of carbonyl (C=O) groups excluding carboxylic acids is 2. The van der Waals surface area contributed by atoms with Gasteiger partial charge in [0.1, 0.15) is 18.2 Å². The van der Waals surface area contributed by atoms with Gasteiger partial charge in [-0.3, -0.25) is 0 Å². The summed E-state index contributed by atoms with van der Waals surface area (Å²) >= 11 is 0. The van der Waals surface area contributed by atoms with E-state index in [4.69, 9.17) is 4.74 Å². The second-order valence-electron chi connectivity index (χ2n) is 7.22. The van der Waals surface area contributed by atoms with E-state index in [1.807, 2.05) is 0 Å². The minimum atomic E-state index is -4.78. The Morgan fingerprint density at radius 2 is 2.03 bits per heavy atom. The zero-order valence-corrected chi connectivity index (χ0v) is 16.6. The van der Waals surface area contributed by atoms with Gasteiger partial charge in [-0.1, -0.05) is 18.2 Å². The molecule has 1 N–H and O–H groups in total. The second kappa shape index (κ2) is 8.06. The summed E-state index contributed by atoms with van der Waals surface area (Å²) < 4.78 is 58.0. The number of cyclic esters (lactones) is 1. The molecule has 0 saturated carbocycles. The Morgan fingerprint density at radius 1 is 1.25 bits per heavy atom. The molecule has 0 radical (unpaired) electrons. The van der Waals surface area contributed by atoms with Crippen LogP contribution in [0.5, 0.6) is 0 Å². The molecule has 0 unspecified atom stereocenters. The summed E-state index contributed by atoms with van der Waals surface area (Å²) in [5, 5.41) is 3.35. The van der Waals surface area contributed by atoms with Crippen molar-refractivity contribution in [2.75, 3.05) is 0 Å². The van der Waals surface area contributed by atoms with E-state index in [0.717, 1.165) is 16.4 Å². The molecule has 0 bridgehead atoms. The number of amides is 3. The van der Waals surface area contributed by atoms with Gasteiger partial charge in [0.2, 0.25) is 0 Å². The molecule has 0 aliphatic carbocycles. The van der Waals surface area contributed by atoms with Gasteiger partial charge in [-0.2, -0.15) is 13.2 Å². The lowest BCUT2D eigenvalue weighted by Gasteiger charge is -2.20. The number of urea groups is 1. The number of benzene rings is 2. The van der Waals surface area contributed by atoms with E-state index >= 15 is 0 Å². The summed E-state index contributed by atoms with van der Waals surface area (Å²) in [6, 6.07) is 5.44. The Kier molecular flexibility index (Phi) is 5.41. The normalized spacial score (nSPS) is 18.7. The maximum atomic E-state index is 13.8. The van der Waals surface area contributed by atoms with Gasteiger partial charge in [0.15, 0.2) is 0 Å². The number of halogens is 4. The first-order valence-corrected chi connectivity index (χ1v) is 9.48. The van der Waals surface area contributed by atoms with Gasteiger partial charge in [-0.25, -0.2) is 28.8 Å². The first-order chi connectivity index (χ1) is 15.1. The number of imide groups is 1. The number of nitrogens with one attached hydrogen (secondary N) is 1. The number of alkyl halides is 3. The van der Waals surface area contributed by atoms with Gasteiger partial charge >= 0.3 is 18.3 Å². The van der Waals surface area contributed by atoms with Crippen LogP contribution in [0.4, 0.5) is 27.2 Å². The van der Waals surface area contributed by atoms with Crippen molar-refractivity contribution < 1.29 is 31.9 Å². The highest BCUT2D eigenvalue weighted by molar-refractivity contribution is 5.93. The molecule has 1 aliphatic rings. The summed E-state index contributed by atoms with van der Waals surface area (Å²) in [6.07, 6.45) is -4.09. The van der Waals surface area contributed by atoms with Crippen LogP contribution in [-0.4, -0.2) is 33.0 Å². The molecular formula is C21H16F4N4O3.